The number of carbonyl (C=O) groups excluding carboxylic acids is 1. The normalized spacial score (nSPS) is 11.1. The van der Waals surface area contributed by atoms with E-state index >= 15 is 0 Å². The molecule has 3 nitrogen and oxygen atoms in total. The zero-order chi connectivity index (χ0) is 16.3. The molecule has 22 heavy (non-hydrogen) atoms. The molecule has 0 saturated heterocycles. The monoisotopic (exact) mass is 314 g/mol. The van der Waals surface area contributed by atoms with Gasteiger partial charge in [0.1, 0.15) is 5.54 Å². The number of amides is 1. The van der Waals surface area contributed by atoms with E-state index in [1.165, 1.54) is 4.88 Å². The third kappa shape index (κ3) is 3.98. The summed E-state index contributed by atoms with van der Waals surface area (Å²) in [4.78, 5) is 14.8. The summed E-state index contributed by atoms with van der Waals surface area (Å²) in [6, 6.07) is 11.8. The Bertz CT molecular complexity index is 683. The fraction of sp³-hybridized carbons (Fsp3) is 0.278. The summed E-state index contributed by atoms with van der Waals surface area (Å²) < 4.78 is 0. The first kappa shape index (κ1) is 16.3. The smallest absolute Gasteiger partial charge is 0.249 e. The first-order valence-electron chi connectivity index (χ1n) is 7.20. The van der Waals surface area contributed by atoms with Gasteiger partial charge < -0.3 is 10.6 Å². The molecule has 1 heterocycles. The SMILES string of the molecule is C=C(NC(C)(C)C(=O)Nc1ccc(C)cc1)c1ccc(C)s1. The van der Waals surface area contributed by atoms with E-state index in [2.05, 4.69) is 24.1 Å². The average molecular weight is 314 g/mol. The molecule has 0 fully saturated rings. The first-order chi connectivity index (χ1) is 10.3. The molecule has 0 unspecified atom stereocenters. The Balaban J connectivity index is 2.03. The van der Waals surface area contributed by atoms with Gasteiger partial charge in [-0.1, -0.05) is 24.3 Å². The van der Waals surface area contributed by atoms with Crippen molar-refractivity contribution >= 4 is 28.6 Å². The molecule has 116 valence electrons. The molecule has 0 bridgehead atoms. The number of rotatable bonds is 5. The summed E-state index contributed by atoms with van der Waals surface area (Å²) in [6.45, 7) is 11.8. The van der Waals surface area contributed by atoms with Gasteiger partial charge in [-0.15, -0.1) is 11.3 Å². The maximum Gasteiger partial charge on any atom is 0.249 e. The highest BCUT2D eigenvalue weighted by Crippen LogP contribution is 2.23. The van der Waals surface area contributed by atoms with E-state index in [1.54, 1.807) is 11.3 Å². The minimum atomic E-state index is -0.750. The summed E-state index contributed by atoms with van der Waals surface area (Å²) in [6.07, 6.45) is 0. The predicted molar refractivity (Wildman–Crippen MR) is 95.1 cm³/mol. The second-order valence-electron chi connectivity index (χ2n) is 5.96. The Morgan fingerprint density at radius 2 is 1.73 bits per heavy atom. The van der Waals surface area contributed by atoms with Gasteiger partial charge in [-0.05, 0) is 52.0 Å². The molecule has 1 aromatic heterocycles. The number of anilines is 1. The minimum absolute atomic E-state index is 0.0919. The van der Waals surface area contributed by atoms with E-state index < -0.39 is 5.54 Å². The standard InChI is InChI=1S/C18H22N2OS/c1-12-6-9-15(10-7-12)19-17(21)18(4,5)20-14(3)16-11-8-13(2)22-16/h6-11,20H,3H2,1-2,4-5H3,(H,19,21). The quantitative estimate of drug-likeness (QED) is 0.862. The molecule has 2 aromatic rings. The van der Waals surface area contributed by atoms with Gasteiger partial charge in [0.25, 0.3) is 0 Å². The van der Waals surface area contributed by atoms with Gasteiger partial charge in [0.05, 0.1) is 0 Å². The summed E-state index contributed by atoms with van der Waals surface area (Å²) in [5.41, 5.74) is 1.97. The molecule has 2 N–H and O–H groups in total. The van der Waals surface area contributed by atoms with Gasteiger partial charge in [-0.3, -0.25) is 4.79 Å². The van der Waals surface area contributed by atoms with E-state index in [4.69, 9.17) is 0 Å². The fourth-order valence-electron chi connectivity index (χ4n) is 2.02. The Morgan fingerprint density at radius 1 is 1.09 bits per heavy atom. The molecule has 0 aliphatic heterocycles. The molecular weight excluding hydrogens is 292 g/mol. The van der Waals surface area contributed by atoms with Crippen LogP contribution in [0.2, 0.25) is 0 Å². The van der Waals surface area contributed by atoms with Crippen molar-refractivity contribution in [3.05, 3.63) is 58.3 Å². The lowest BCUT2D eigenvalue weighted by Crippen LogP contribution is -2.48. The molecule has 1 aromatic carbocycles. The predicted octanol–water partition coefficient (Wildman–Crippen LogP) is 4.34. The lowest BCUT2D eigenvalue weighted by molar-refractivity contribution is -0.120. The number of carbonyl (C=O) groups is 1. The van der Waals surface area contributed by atoms with Crippen LogP contribution in [0, 0.1) is 13.8 Å². The van der Waals surface area contributed by atoms with Gasteiger partial charge >= 0.3 is 0 Å². The molecule has 0 atom stereocenters. The topological polar surface area (TPSA) is 41.1 Å². The van der Waals surface area contributed by atoms with Gasteiger partial charge in [0.15, 0.2) is 0 Å². The zero-order valence-electron chi connectivity index (χ0n) is 13.5. The molecule has 0 aliphatic carbocycles. The van der Waals surface area contributed by atoms with Crippen molar-refractivity contribution in [1.82, 2.24) is 5.32 Å². The van der Waals surface area contributed by atoms with E-state index in [0.717, 1.165) is 21.8 Å². The highest BCUT2D eigenvalue weighted by Gasteiger charge is 2.28. The van der Waals surface area contributed by atoms with Crippen LogP contribution in [0.3, 0.4) is 0 Å². The Kier molecular flexibility index (Phi) is 4.71. The van der Waals surface area contributed by atoms with Crippen LogP contribution in [-0.4, -0.2) is 11.4 Å². The van der Waals surface area contributed by atoms with Crippen LogP contribution in [0.4, 0.5) is 5.69 Å². The van der Waals surface area contributed by atoms with Crippen LogP contribution in [0.15, 0.2) is 43.0 Å². The Morgan fingerprint density at radius 3 is 2.27 bits per heavy atom. The van der Waals surface area contributed by atoms with Gasteiger partial charge in [0, 0.05) is 21.1 Å². The van der Waals surface area contributed by atoms with E-state index in [0.29, 0.717) is 0 Å². The van der Waals surface area contributed by atoms with Crippen LogP contribution in [0.5, 0.6) is 0 Å². The first-order valence-corrected chi connectivity index (χ1v) is 8.01. The lowest BCUT2D eigenvalue weighted by Gasteiger charge is -2.27. The third-order valence-electron chi connectivity index (χ3n) is 3.38. The largest absolute Gasteiger partial charge is 0.371 e. The highest BCUT2D eigenvalue weighted by atomic mass is 32.1. The molecule has 0 spiro atoms. The average Bonchev–Trinajstić information content (AvgIpc) is 2.87. The van der Waals surface area contributed by atoms with Crippen LogP contribution < -0.4 is 10.6 Å². The number of thiophene rings is 1. The summed E-state index contributed by atoms with van der Waals surface area (Å²) >= 11 is 1.66. The minimum Gasteiger partial charge on any atom is -0.371 e. The van der Waals surface area contributed by atoms with Gasteiger partial charge in [-0.2, -0.15) is 0 Å². The second kappa shape index (κ2) is 6.36. The lowest BCUT2D eigenvalue weighted by atomic mass is 10.0. The number of hydrogen-bond acceptors (Lipinski definition) is 3. The number of aryl methyl sites for hydroxylation is 2. The van der Waals surface area contributed by atoms with Crippen LogP contribution in [-0.2, 0) is 4.79 Å². The van der Waals surface area contributed by atoms with E-state index in [1.807, 2.05) is 57.2 Å². The molecule has 4 heteroatoms. The molecule has 1 amide bonds. The van der Waals surface area contributed by atoms with Crippen molar-refractivity contribution in [2.45, 2.75) is 33.2 Å². The number of benzene rings is 1. The van der Waals surface area contributed by atoms with Crippen LogP contribution in [0.25, 0.3) is 5.70 Å². The molecule has 0 aliphatic rings. The van der Waals surface area contributed by atoms with Crippen molar-refractivity contribution in [2.75, 3.05) is 5.32 Å². The maximum absolute atomic E-state index is 12.5. The summed E-state index contributed by atoms with van der Waals surface area (Å²) in [5.74, 6) is -0.0919. The zero-order valence-corrected chi connectivity index (χ0v) is 14.3. The van der Waals surface area contributed by atoms with Crippen molar-refractivity contribution < 1.29 is 4.79 Å². The van der Waals surface area contributed by atoms with Crippen molar-refractivity contribution in [3.63, 3.8) is 0 Å². The van der Waals surface area contributed by atoms with E-state index in [-0.39, 0.29) is 5.91 Å². The van der Waals surface area contributed by atoms with Gasteiger partial charge in [-0.25, -0.2) is 0 Å². The maximum atomic E-state index is 12.5. The fourth-order valence-corrected chi connectivity index (χ4v) is 2.81. The number of nitrogens with one attached hydrogen (secondary N) is 2. The van der Waals surface area contributed by atoms with Crippen molar-refractivity contribution in [1.29, 1.82) is 0 Å². The molecular formula is C18H22N2OS. The molecule has 0 saturated carbocycles. The van der Waals surface area contributed by atoms with Crippen LogP contribution >= 0.6 is 11.3 Å². The molecule has 0 radical (unpaired) electrons. The summed E-state index contributed by atoms with van der Waals surface area (Å²) in [7, 11) is 0. The van der Waals surface area contributed by atoms with Gasteiger partial charge in [0.2, 0.25) is 5.91 Å². The van der Waals surface area contributed by atoms with Crippen LogP contribution in [0.1, 0.15) is 29.2 Å². The second-order valence-corrected chi connectivity index (χ2v) is 7.25. The molecule has 2 rings (SSSR count). The van der Waals surface area contributed by atoms with Crippen molar-refractivity contribution in [2.24, 2.45) is 0 Å². The Hall–Kier alpha value is -2.07. The Labute approximate surface area is 136 Å². The highest BCUT2D eigenvalue weighted by molar-refractivity contribution is 7.13. The number of hydrogen-bond donors (Lipinski definition) is 2. The summed E-state index contributed by atoms with van der Waals surface area (Å²) in [5, 5.41) is 6.15. The van der Waals surface area contributed by atoms with Crippen molar-refractivity contribution in [3.8, 4) is 0 Å². The third-order valence-corrected chi connectivity index (χ3v) is 4.44. The van der Waals surface area contributed by atoms with E-state index in [9.17, 15) is 4.79 Å².